The normalized spacial score (nSPS) is 11.8. The largest absolute Gasteiger partial charge is 0.338 e. The molecule has 2 aromatic rings. The molecule has 7 nitrogen and oxygen atoms in total. The predicted molar refractivity (Wildman–Crippen MR) is 116 cm³/mol. The molecule has 0 heterocycles. The van der Waals surface area contributed by atoms with E-state index in [1.165, 1.54) is 5.48 Å². The first-order valence-electron chi connectivity index (χ1n) is 9.76. The van der Waals surface area contributed by atoms with Crippen LogP contribution in [0.3, 0.4) is 0 Å². The monoisotopic (exact) mass is 426 g/mol. The highest BCUT2D eigenvalue weighted by Gasteiger charge is 2.33. The Bertz CT molecular complexity index is 942. The van der Waals surface area contributed by atoms with Gasteiger partial charge in [0.25, 0.3) is 11.8 Å². The van der Waals surface area contributed by atoms with E-state index in [0.717, 1.165) is 11.1 Å². The molecule has 0 aliphatic rings. The van der Waals surface area contributed by atoms with Crippen molar-refractivity contribution in [3.63, 3.8) is 0 Å². The van der Waals surface area contributed by atoms with Crippen LogP contribution in [0.25, 0.3) is 0 Å². The Labute approximate surface area is 181 Å². The number of rotatable bonds is 8. The van der Waals surface area contributed by atoms with Gasteiger partial charge < -0.3 is 16.4 Å². The van der Waals surface area contributed by atoms with E-state index in [1.807, 2.05) is 24.3 Å². The van der Waals surface area contributed by atoms with E-state index in [9.17, 15) is 14.0 Å². The summed E-state index contributed by atoms with van der Waals surface area (Å²) >= 11 is 0. The fraction of sp³-hybridized carbons (Fsp3) is 0.304. The average Bonchev–Trinajstić information content (AvgIpc) is 2.76. The second-order valence-corrected chi connectivity index (χ2v) is 7.59. The smallest absolute Gasteiger partial charge is 0.267 e. The van der Waals surface area contributed by atoms with Crippen LogP contribution in [0.1, 0.15) is 40.9 Å². The standard InChI is InChI=1S/C23H27FN4O3/c1-23(2,25)20(22(30)28-31)27-21(29)19-11-9-17(10-12-19)4-3-16-5-7-18(8-6-16)15-26-14-13-24/h5-12,20,26,31H,13-15,25H2,1-2H3,(H,27,29)(H,28,30). The minimum Gasteiger partial charge on any atom is -0.338 e. The summed E-state index contributed by atoms with van der Waals surface area (Å²) in [6, 6.07) is 13.1. The molecule has 164 valence electrons. The van der Waals surface area contributed by atoms with Crippen molar-refractivity contribution in [2.45, 2.75) is 32.0 Å². The fourth-order valence-electron chi connectivity index (χ4n) is 2.72. The van der Waals surface area contributed by atoms with Gasteiger partial charge in [-0.25, -0.2) is 9.87 Å². The van der Waals surface area contributed by atoms with Crippen LogP contribution < -0.4 is 21.8 Å². The van der Waals surface area contributed by atoms with Crippen LogP contribution in [-0.4, -0.2) is 41.8 Å². The highest BCUT2D eigenvalue weighted by atomic mass is 19.1. The molecule has 0 saturated carbocycles. The van der Waals surface area contributed by atoms with Crippen LogP contribution in [-0.2, 0) is 11.3 Å². The molecule has 1 unspecified atom stereocenters. The molecule has 0 aromatic heterocycles. The van der Waals surface area contributed by atoms with E-state index in [1.54, 1.807) is 38.1 Å². The molecule has 31 heavy (non-hydrogen) atoms. The van der Waals surface area contributed by atoms with Crippen molar-refractivity contribution in [2.24, 2.45) is 5.73 Å². The summed E-state index contributed by atoms with van der Waals surface area (Å²) in [5, 5.41) is 14.4. The van der Waals surface area contributed by atoms with E-state index in [0.29, 0.717) is 24.2 Å². The molecule has 0 aliphatic carbocycles. The van der Waals surface area contributed by atoms with Gasteiger partial charge in [-0.05, 0) is 55.8 Å². The molecule has 6 N–H and O–H groups in total. The maximum absolute atomic E-state index is 12.4. The molecular formula is C23H27FN4O3. The summed E-state index contributed by atoms with van der Waals surface area (Å²) in [5.41, 5.74) is 9.28. The van der Waals surface area contributed by atoms with Gasteiger partial charge in [-0.15, -0.1) is 0 Å². The minimum atomic E-state index is -1.11. The molecule has 2 amide bonds. The lowest BCUT2D eigenvalue weighted by molar-refractivity contribution is -0.132. The molecule has 8 heteroatoms. The molecule has 0 spiro atoms. The van der Waals surface area contributed by atoms with Crippen molar-refractivity contribution in [1.29, 1.82) is 0 Å². The number of carbonyl (C=O) groups is 2. The molecular weight excluding hydrogens is 399 g/mol. The van der Waals surface area contributed by atoms with Crippen molar-refractivity contribution in [2.75, 3.05) is 13.2 Å². The Morgan fingerprint density at radius 3 is 2.10 bits per heavy atom. The summed E-state index contributed by atoms with van der Waals surface area (Å²) < 4.78 is 12.1. The van der Waals surface area contributed by atoms with Gasteiger partial charge in [-0.2, -0.15) is 0 Å². The Kier molecular flexibility index (Phi) is 8.70. The first-order valence-corrected chi connectivity index (χ1v) is 9.76. The predicted octanol–water partition coefficient (Wildman–Crippen LogP) is 1.49. The van der Waals surface area contributed by atoms with E-state index < -0.39 is 30.1 Å². The van der Waals surface area contributed by atoms with Crippen LogP contribution in [0, 0.1) is 11.8 Å². The quantitative estimate of drug-likeness (QED) is 0.190. The summed E-state index contributed by atoms with van der Waals surface area (Å²) in [7, 11) is 0. The SMILES string of the molecule is CC(C)(N)C(NC(=O)c1ccc(C#Cc2ccc(CNCCF)cc2)cc1)C(=O)NO. The molecule has 0 saturated heterocycles. The van der Waals surface area contributed by atoms with Crippen LogP contribution >= 0.6 is 0 Å². The number of carbonyl (C=O) groups excluding carboxylic acids is 2. The maximum atomic E-state index is 12.4. The van der Waals surface area contributed by atoms with Crippen molar-refractivity contribution in [3.05, 3.63) is 70.8 Å². The zero-order valence-corrected chi connectivity index (χ0v) is 17.5. The van der Waals surface area contributed by atoms with Gasteiger partial charge in [-0.3, -0.25) is 14.8 Å². The molecule has 0 radical (unpaired) electrons. The van der Waals surface area contributed by atoms with Gasteiger partial charge in [0.2, 0.25) is 0 Å². The number of nitrogens with two attached hydrogens (primary N) is 1. The van der Waals surface area contributed by atoms with Crippen LogP contribution in [0.5, 0.6) is 0 Å². The van der Waals surface area contributed by atoms with Gasteiger partial charge in [0, 0.05) is 35.3 Å². The average molecular weight is 426 g/mol. The van der Waals surface area contributed by atoms with Gasteiger partial charge in [-0.1, -0.05) is 24.0 Å². The molecule has 0 bridgehead atoms. The van der Waals surface area contributed by atoms with Gasteiger partial charge in [0.15, 0.2) is 0 Å². The molecule has 0 fully saturated rings. The van der Waals surface area contributed by atoms with Gasteiger partial charge in [0.1, 0.15) is 12.7 Å². The van der Waals surface area contributed by atoms with E-state index in [4.69, 9.17) is 10.9 Å². The van der Waals surface area contributed by atoms with Crippen molar-refractivity contribution in [3.8, 4) is 11.8 Å². The van der Waals surface area contributed by atoms with Crippen molar-refractivity contribution in [1.82, 2.24) is 16.1 Å². The zero-order valence-electron chi connectivity index (χ0n) is 17.5. The lowest BCUT2D eigenvalue weighted by Crippen LogP contribution is -2.61. The topological polar surface area (TPSA) is 116 Å². The summed E-state index contributed by atoms with van der Waals surface area (Å²) in [6.07, 6.45) is 0. The number of alkyl halides is 1. The molecule has 2 aromatic carbocycles. The second kappa shape index (κ2) is 11.2. The summed E-state index contributed by atoms with van der Waals surface area (Å²) in [4.78, 5) is 24.2. The number of benzene rings is 2. The lowest BCUT2D eigenvalue weighted by Gasteiger charge is -2.29. The Hall–Kier alpha value is -3.25. The minimum absolute atomic E-state index is 0.328. The Morgan fingerprint density at radius 1 is 1.06 bits per heavy atom. The van der Waals surface area contributed by atoms with E-state index in [-0.39, 0.29) is 0 Å². The number of halogens is 1. The third kappa shape index (κ3) is 7.50. The molecule has 2 rings (SSSR count). The van der Waals surface area contributed by atoms with E-state index >= 15 is 0 Å². The molecule has 1 atom stereocenters. The first kappa shape index (κ1) is 24.0. The Balaban J connectivity index is 2.02. The highest BCUT2D eigenvalue weighted by Crippen LogP contribution is 2.09. The van der Waals surface area contributed by atoms with Gasteiger partial charge in [0.05, 0.1) is 0 Å². The highest BCUT2D eigenvalue weighted by molar-refractivity contribution is 5.97. The van der Waals surface area contributed by atoms with Crippen LogP contribution in [0.15, 0.2) is 48.5 Å². The number of nitrogens with one attached hydrogen (secondary N) is 3. The first-order chi connectivity index (χ1) is 14.7. The third-order valence-corrected chi connectivity index (χ3v) is 4.44. The van der Waals surface area contributed by atoms with Crippen LogP contribution in [0.2, 0.25) is 0 Å². The summed E-state index contributed by atoms with van der Waals surface area (Å²) in [5.74, 6) is 4.78. The third-order valence-electron chi connectivity index (χ3n) is 4.44. The lowest BCUT2D eigenvalue weighted by atomic mass is 9.95. The maximum Gasteiger partial charge on any atom is 0.267 e. The number of amides is 2. The van der Waals surface area contributed by atoms with E-state index in [2.05, 4.69) is 22.5 Å². The second-order valence-electron chi connectivity index (χ2n) is 7.59. The number of hydrogen-bond acceptors (Lipinski definition) is 5. The summed E-state index contributed by atoms with van der Waals surface area (Å²) in [6.45, 7) is 3.67. The fourth-order valence-corrected chi connectivity index (χ4v) is 2.72. The Morgan fingerprint density at radius 2 is 1.61 bits per heavy atom. The molecule has 0 aliphatic heterocycles. The number of hydroxylamine groups is 1. The van der Waals surface area contributed by atoms with Gasteiger partial charge >= 0.3 is 0 Å². The van der Waals surface area contributed by atoms with Crippen LogP contribution in [0.4, 0.5) is 4.39 Å². The van der Waals surface area contributed by atoms with Crippen molar-refractivity contribution < 1.29 is 19.2 Å². The van der Waals surface area contributed by atoms with Crippen molar-refractivity contribution >= 4 is 11.8 Å². The zero-order chi connectivity index (χ0) is 22.9. The number of hydrogen-bond donors (Lipinski definition) is 5.